The van der Waals surface area contributed by atoms with Crippen molar-refractivity contribution in [3.8, 4) is 0 Å². The van der Waals surface area contributed by atoms with Crippen molar-refractivity contribution in [2.24, 2.45) is 0 Å². The Morgan fingerprint density at radius 2 is 1.82 bits per heavy atom. The Balaban J connectivity index is 1.29. The topological polar surface area (TPSA) is 84.0 Å². The lowest BCUT2D eigenvalue weighted by molar-refractivity contribution is -0.138. The van der Waals surface area contributed by atoms with Crippen molar-refractivity contribution in [1.82, 2.24) is 24.4 Å². The highest BCUT2D eigenvalue weighted by Gasteiger charge is 2.39. The first-order chi connectivity index (χ1) is 16.7. The van der Waals surface area contributed by atoms with Crippen molar-refractivity contribution >= 4 is 17.5 Å². The van der Waals surface area contributed by atoms with Crippen molar-refractivity contribution in [2.45, 2.75) is 37.8 Å². The summed E-state index contributed by atoms with van der Waals surface area (Å²) in [6.45, 7) is 1.63. The van der Waals surface area contributed by atoms with E-state index >= 15 is 0 Å². The van der Waals surface area contributed by atoms with Gasteiger partial charge in [-0.15, -0.1) is 10.2 Å². The minimum atomic E-state index is -0.568. The number of hydrogen-bond donors (Lipinski definition) is 0. The van der Waals surface area contributed by atoms with Crippen LogP contribution in [0.2, 0.25) is 0 Å². The molecule has 34 heavy (non-hydrogen) atoms. The molecule has 1 saturated heterocycles. The highest BCUT2D eigenvalue weighted by molar-refractivity contribution is 5.96. The van der Waals surface area contributed by atoms with Gasteiger partial charge in [0.1, 0.15) is 11.9 Å². The Hall–Kier alpha value is -3.94. The first-order valence-corrected chi connectivity index (χ1v) is 11.7. The zero-order valence-electron chi connectivity index (χ0n) is 18.7. The maximum Gasteiger partial charge on any atom is 0.290 e. The summed E-state index contributed by atoms with van der Waals surface area (Å²) in [7, 11) is 0. The summed E-state index contributed by atoms with van der Waals surface area (Å²) in [5, 5.41) is 8.72. The molecule has 2 aliphatic heterocycles. The fourth-order valence-corrected chi connectivity index (χ4v) is 5.24. The molecule has 2 unspecified atom stereocenters. The molecule has 3 aromatic heterocycles. The highest BCUT2D eigenvalue weighted by atomic mass is 16.3. The van der Waals surface area contributed by atoms with E-state index in [1.807, 2.05) is 58.0 Å². The Morgan fingerprint density at radius 3 is 2.68 bits per heavy atom. The maximum absolute atomic E-state index is 13.9. The van der Waals surface area contributed by atoms with Crippen LogP contribution in [-0.2, 0) is 17.8 Å². The lowest BCUT2D eigenvalue weighted by Gasteiger charge is -2.40. The third kappa shape index (κ3) is 3.55. The molecule has 8 nitrogen and oxygen atoms in total. The van der Waals surface area contributed by atoms with Gasteiger partial charge < -0.3 is 14.2 Å². The zero-order valence-corrected chi connectivity index (χ0v) is 18.7. The number of nitrogens with zero attached hydrogens (tertiary/aromatic N) is 5. The maximum atomic E-state index is 13.9. The zero-order chi connectivity index (χ0) is 23.1. The molecule has 4 aromatic rings. The molecule has 0 bridgehead atoms. The molecular formula is C26H25N5O3. The normalized spacial score (nSPS) is 20.4. The number of aromatic nitrogens is 3. The van der Waals surface area contributed by atoms with E-state index in [-0.39, 0.29) is 23.5 Å². The second-order valence-corrected chi connectivity index (χ2v) is 9.01. The first kappa shape index (κ1) is 20.7. The number of rotatable bonds is 3. The van der Waals surface area contributed by atoms with Gasteiger partial charge in [-0.2, -0.15) is 0 Å². The molecule has 1 fully saturated rings. The summed E-state index contributed by atoms with van der Waals surface area (Å²) in [5.41, 5.74) is 2.99. The molecule has 0 saturated carbocycles. The van der Waals surface area contributed by atoms with E-state index in [0.29, 0.717) is 26.1 Å². The van der Waals surface area contributed by atoms with E-state index in [0.717, 1.165) is 35.4 Å². The molecule has 0 radical (unpaired) electrons. The molecule has 8 heteroatoms. The monoisotopic (exact) mass is 455 g/mol. The first-order valence-electron chi connectivity index (χ1n) is 11.7. The van der Waals surface area contributed by atoms with Crippen LogP contribution in [0.3, 0.4) is 0 Å². The second kappa shape index (κ2) is 8.44. The number of furan rings is 1. The van der Waals surface area contributed by atoms with Crippen molar-refractivity contribution in [3.63, 3.8) is 0 Å². The van der Waals surface area contributed by atoms with E-state index in [2.05, 4.69) is 10.2 Å². The number of carbonyl (C=O) groups excluding carboxylic acids is 2. The Labute approximate surface area is 196 Å². The Kier molecular flexibility index (Phi) is 5.13. The Bertz CT molecular complexity index is 1350. The average molecular weight is 456 g/mol. The summed E-state index contributed by atoms with van der Waals surface area (Å²) < 4.78 is 7.39. The highest BCUT2D eigenvalue weighted by Crippen LogP contribution is 2.30. The van der Waals surface area contributed by atoms with Crippen molar-refractivity contribution in [3.05, 3.63) is 89.8 Å². The molecule has 0 aliphatic carbocycles. The van der Waals surface area contributed by atoms with Gasteiger partial charge in [0.2, 0.25) is 5.91 Å². The van der Waals surface area contributed by atoms with Crippen LogP contribution in [0.4, 0.5) is 0 Å². The summed E-state index contributed by atoms with van der Waals surface area (Å²) in [4.78, 5) is 30.8. The minimum Gasteiger partial charge on any atom is -0.459 e. The molecular weight excluding hydrogens is 430 g/mol. The van der Waals surface area contributed by atoms with Crippen molar-refractivity contribution in [1.29, 1.82) is 0 Å². The molecule has 6 rings (SSSR count). The van der Waals surface area contributed by atoms with Crippen LogP contribution in [-0.4, -0.2) is 55.3 Å². The van der Waals surface area contributed by atoms with E-state index in [1.165, 1.54) is 6.26 Å². The van der Waals surface area contributed by atoms with Crippen LogP contribution in [0, 0.1) is 0 Å². The molecule has 1 aromatic carbocycles. The van der Waals surface area contributed by atoms with Crippen molar-refractivity contribution in [2.75, 3.05) is 13.1 Å². The quantitative estimate of drug-likeness (QED) is 0.473. The van der Waals surface area contributed by atoms with Crippen LogP contribution < -0.4 is 0 Å². The van der Waals surface area contributed by atoms with E-state index in [4.69, 9.17) is 4.42 Å². The van der Waals surface area contributed by atoms with Gasteiger partial charge in [0, 0.05) is 38.2 Å². The predicted octanol–water partition coefficient (Wildman–Crippen LogP) is 3.30. The molecule has 5 heterocycles. The van der Waals surface area contributed by atoms with Crippen LogP contribution in [0.15, 0.2) is 71.5 Å². The van der Waals surface area contributed by atoms with Gasteiger partial charge in [0.15, 0.2) is 11.4 Å². The van der Waals surface area contributed by atoms with Gasteiger partial charge in [0.05, 0.1) is 6.26 Å². The predicted molar refractivity (Wildman–Crippen MR) is 124 cm³/mol. The smallest absolute Gasteiger partial charge is 0.290 e. The fraction of sp³-hybridized carbons (Fsp3) is 0.308. The third-order valence-corrected chi connectivity index (χ3v) is 6.96. The van der Waals surface area contributed by atoms with E-state index in [1.54, 1.807) is 17.0 Å². The number of hydrogen-bond acceptors (Lipinski definition) is 5. The largest absolute Gasteiger partial charge is 0.459 e. The van der Waals surface area contributed by atoms with Crippen LogP contribution in [0.5, 0.6) is 0 Å². The third-order valence-electron chi connectivity index (χ3n) is 6.96. The SMILES string of the molecule is O=C(C1Cc2ccccc2CN1C(=O)c1ccco1)N1CCCC(c2nnc3ccccn23)C1. The lowest BCUT2D eigenvalue weighted by atomic mass is 9.91. The number of carbonyl (C=O) groups is 2. The molecule has 0 N–H and O–H groups in total. The van der Waals surface area contributed by atoms with Gasteiger partial charge in [-0.1, -0.05) is 30.3 Å². The second-order valence-electron chi connectivity index (χ2n) is 9.01. The number of amides is 2. The summed E-state index contributed by atoms with van der Waals surface area (Å²) in [5.74, 6) is 0.956. The molecule has 2 atom stereocenters. The van der Waals surface area contributed by atoms with Gasteiger partial charge in [-0.05, 0) is 48.2 Å². The van der Waals surface area contributed by atoms with Gasteiger partial charge in [-0.3, -0.25) is 14.0 Å². The number of fused-ring (bicyclic) bond motifs is 2. The number of piperidine rings is 1. The average Bonchev–Trinajstić information content (AvgIpc) is 3.58. The number of likely N-dealkylation sites (tertiary alicyclic amines) is 1. The molecule has 172 valence electrons. The van der Waals surface area contributed by atoms with Crippen LogP contribution in [0.1, 0.15) is 46.3 Å². The standard InChI is InChI=1S/C26H25N5O3/c32-25(29-12-5-9-20(16-29)24-28-27-23-11-3-4-13-30(23)24)21-15-18-7-1-2-8-19(18)17-31(21)26(33)22-10-6-14-34-22/h1-4,6-8,10-11,13-14,20-21H,5,9,12,15-17H2. The minimum absolute atomic E-state index is 0.0204. The van der Waals surface area contributed by atoms with Crippen LogP contribution in [0.25, 0.3) is 5.65 Å². The summed E-state index contributed by atoms with van der Waals surface area (Å²) in [6.07, 6.45) is 5.78. The van der Waals surface area contributed by atoms with Gasteiger partial charge in [-0.25, -0.2) is 0 Å². The van der Waals surface area contributed by atoms with E-state index in [9.17, 15) is 9.59 Å². The van der Waals surface area contributed by atoms with E-state index < -0.39 is 6.04 Å². The Morgan fingerprint density at radius 1 is 0.971 bits per heavy atom. The molecule has 2 amide bonds. The van der Waals surface area contributed by atoms with Crippen LogP contribution >= 0.6 is 0 Å². The van der Waals surface area contributed by atoms with Crippen molar-refractivity contribution < 1.29 is 14.0 Å². The lowest BCUT2D eigenvalue weighted by Crippen LogP contribution is -2.55. The van der Waals surface area contributed by atoms with Gasteiger partial charge >= 0.3 is 0 Å². The summed E-state index contributed by atoms with van der Waals surface area (Å²) in [6, 6.07) is 16.6. The molecule has 2 aliphatic rings. The fourth-order valence-electron chi connectivity index (χ4n) is 5.24. The summed E-state index contributed by atoms with van der Waals surface area (Å²) >= 11 is 0. The number of benzene rings is 1. The number of pyridine rings is 1. The molecule has 0 spiro atoms. The van der Waals surface area contributed by atoms with Gasteiger partial charge in [0.25, 0.3) is 5.91 Å².